The van der Waals surface area contributed by atoms with Gasteiger partial charge in [0.15, 0.2) is 0 Å². The van der Waals surface area contributed by atoms with Crippen LogP contribution in [-0.2, 0) is 45.3 Å². The molecule has 42 heavy (non-hydrogen) atoms. The Hall–Kier alpha value is -3.76. The summed E-state index contributed by atoms with van der Waals surface area (Å²) in [6.07, 6.45) is -0.733. The highest BCUT2D eigenvalue weighted by Crippen LogP contribution is 2.39. The fourth-order valence-electron chi connectivity index (χ4n) is 5.48. The van der Waals surface area contributed by atoms with Crippen molar-refractivity contribution in [3.63, 3.8) is 0 Å². The molecule has 0 radical (unpaired) electrons. The molecule has 0 aromatic heterocycles. The summed E-state index contributed by atoms with van der Waals surface area (Å²) in [7, 11) is 1.33. The fourth-order valence-corrected chi connectivity index (χ4v) is 5.48. The molecule has 0 spiro atoms. The molecular formula is C33H39N3O6. The number of morpholine rings is 1. The molecule has 2 N–H and O–H groups in total. The Kier molecular flexibility index (Phi) is 10.2. The van der Waals surface area contributed by atoms with Crippen LogP contribution in [0.3, 0.4) is 0 Å². The zero-order valence-electron chi connectivity index (χ0n) is 24.0. The maximum atomic E-state index is 13.4. The lowest BCUT2D eigenvalue weighted by Gasteiger charge is -2.29. The fraction of sp³-hybridized carbons (Fsp3) is 0.394. The Balaban J connectivity index is 1.24. The molecule has 2 aliphatic rings. The number of aliphatic hydroxyl groups is 1. The monoisotopic (exact) mass is 573 g/mol. The van der Waals surface area contributed by atoms with Crippen molar-refractivity contribution in [2.75, 3.05) is 33.4 Å². The van der Waals surface area contributed by atoms with Gasteiger partial charge in [0, 0.05) is 50.3 Å². The van der Waals surface area contributed by atoms with Crippen LogP contribution in [0.1, 0.15) is 46.9 Å². The number of benzene rings is 3. The van der Waals surface area contributed by atoms with E-state index in [9.17, 15) is 14.7 Å². The maximum absolute atomic E-state index is 13.4. The van der Waals surface area contributed by atoms with E-state index in [1.165, 1.54) is 12.7 Å². The van der Waals surface area contributed by atoms with Crippen molar-refractivity contribution in [1.82, 2.24) is 15.1 Å². The van der Waals surface area contributed by atoms with Gasteiger partial charge < -0.3 is 24.6 Å². The number of hydrogen-bond acceptors (Lipinski definition) is 8. The summed E-state index contributed by atoms with van der Waals surface area (Å²) >= 11 is 0. The van der Waals surface area contributed by atoms with Crippen LogP contribution < -0.4 is 10.1 Å². The van der Waals surface area contributed by atoms with Gasteiger partial charge in [-0.1, -0.05) is 66.7 Å². The first-order chi connectivity index (χ1) is 20.5. The normalized spacial score (nSPS) is 17.8. The number of aliphatic hydroxyl groups excluding tert-OH is 1. The quantitative estimate of drug-likeness (QED) is 0.318. The number of carbonyl (C=O) groups is 2. The topological polar surface area (TPSA) is 101 Å². The van der Waals surface area contributed by atoms with E-state index in [1.807, 2.05) is 48.5 Å². The minimum absolute atomic E-state index is 0.0599. The van der Waals surface area contributed by atoms with Gasteiger partial charge >= 0.3 is 5.97 Å². The number of amides is 1. The number of esters is 1. The summed E-state index contributed by atoms with van der Waals surface area (Å²) in [5.74, 6) is 0.0131. The number of methoxy groups -OCH3 is 1. The second-order valence-corrected chi connectivity index (χ2v) is 10.7. The van der Waals surface area contributed by atoms with Crippen LogP contribution in [0.4, 0.5) is 0 Å². The number of hydrogen-bond donors (Lipinski definition) is 2. The maximum Gasteiger partial charge on any atom is 0.305 e. The van der Waals surface area contributed by atoms with Crippen molar-refractivity contribution in [3.05, 3.63) is 101 Å². The molecule has 0 aliphatic carbocycles. The van der Waals surface area contributed by atoms with Crippen LogP contribution in [0.5, 0.6) is 5.75 Å². The molecule has 5 rings (SSSR count). The van der Waals surface area contributed by atoms with E-state index in [0.29, 0.717) is 31.0 Å². The Morgan fingerprint density at radius 3 is 2.45 bits per heavy atom. The lowest BCUT2D eigenvalue weighted by atomic mass is 10.1. The Bertz CT molecular complexity index is 1330. The van der Waals surface area contributed by atoms with Gasteiger partial charge in [-0.2, -0.15) is 0 Å². The number of nitrogens with one attached hydrogen (secondary N) is 1. The summed E-state index contributed by atoms with van der Waals surface area (Å²) in [6, 6.07) is 22.9. The lowest BCUT2D eigenvalue weighted by Crippen LogP contribution is -2.46. The minimum Gasteiger partial charge on any atom is -0.489 e. The zero-order chi connectivity index (χ0) is 29.3. The second kappa shape index (κ2) is 14.4. The zero-order valence-corrected chi connectivity index (χ0v) is 24.0. The summed E-state index contributed by atoms with van der Waals surface area (Å²) in [5, 5.41) is 14.3. The van der Waals surface area contributed by atoms with Crippen LogP contribution >= 0.6 is 0 Å². The van der Waals surface area contributed by atoms with E-state index in [1.54, 1.807) is 4.90 Å². The molecule has 9 heteroatoms. The number of fused-ring (bicyclic) bond motifs is 1. The van der Waals surface area contributed by atoms with Crippen LogP contribution in [-0.4, -0.2) is 66.2 Å². The van der Waals surface area contributed by atoms with E-state index < -0.39 is 18.2 Å². The highest BCUT2D eigenvalue weighted by Gasteiger charge is 2.38. The minimum atomic E-state index is -1.01. The predicted octanol–water partition coefficient (Wildman–Crippen LogP) is 3.54. The Morgan fingerprint density at radius 1 is 0.976 bits per heavy atom. The molecule has 2 atom stereocenters. The molecule has 222 valence electrons. The number of nitrogens with zero attached hydrogens (tertiary/aromatic N) is 2. The average molecular weight is 574 g/mol. The van der Waals surface area contributed by atoms with Gasteiger partial charge in [0.05, 0.1) is 26.4 Å². The Morgan fingerprint density at radius 2 is 1.71 bits per heavy atom. The third-order valence-corrected chi connectivity index (χ3v) is 7.89. The van der Waals surface area contributed by atoms with Crippen LogP contribution in [0.15, 0.2) is 72.8 Å². The number of rotatable bonds is 12. The van der Waals surface area contributed by atoms with Crippen molar-refractivity contribution in [2.24, 2.45) is 0 Å². The largest absolute Gasteiger partial charge is 0.489 e. The standard InChI is InChI=1S/C33H39N3O6/c1-40-31(37)15-14-29(32(38)34-20-24-6-3-2-4-7-24)36-22-28-27(33(36)39)8-5-9-30(28)42-23-26-12-10-25(11-13-26)21-35-16-18-41-19-17-35/h2-13,29,33,39H,14-23H2,1H3,(H,34,38). The molecule has 2 unspecified atom stereocenters. The molecule has 9 nitrogen and oxygen atoms in total. The van der Waals surface area contributed by atoms with Crippen molar-refractivity contribution in [1.29, 1.82) is 0 Å². The SMILES string of the molecule is COC(=O)CCC(C(=O)NCc1ccccc1)N1Cc2c(OCc3ccc(CN4CCOCC4)cc3)cccc2C1O. The highest BCUT2D eigenvalue weighted by atomic mass is 16.5. The smallest absolute Gasteiger partial charge is 0.305 e. The summed E-state index contributed by atoms with van der Waals surface area (Å²) in [6.45, 7) is 5.42. The van der Waals surface area contributed by atoms with Gasteiger partial charge in [0.2, 0.25) is 5.91 Å². The van der Waals surface area contributed by atoms with E-state index in [0.717, 1.165) is 49.5 Å². The van der Waals surface area contributed by atoms with Crippen LogP contribution in [0, 0.1) is 0 Å². The first-order valence-corrected chi connectivity index (χ1v) is 14.5. The lowest BCUT2D eigenvalue weighted by molar-refractivity contribution is -0.142. The van der Waals surface area contributed by atoms with Gasteiger partial charge in [-0.05, 0) is 29.2 Å². The molecule has 3 aromatic rings. The van der Waals surface area contributed by atoms with Crippen LogP contribution in [0.25, 0.3) is 0 Å². The summed E-state index contributed by atoms with van der Waals surface area (Å²) in [4.78, 5) is 29.5. The average Bonchev–Trinajstić information content (AvgIpc) is 3.37. The van der Waals surface area contributed by atoms with Gasteiger partial charge in [-0.15, -0.1) is 0 Å². The van der Waals surface area contributed by atoms with Crippen molar-refractivity contribution in [3.8, 4) is 5.75 Å². The number of ether oxygens (including phenoxy) is 3. The van der Waals surface area contributed by atoms with Crippen LogP contribution in [0.2, 0.25) is 0 Å². The first kappa shape index (κ1) is 29.7. The highest BCUT2D eigenvalue weighted by molar-refractivity contribution is 5.82. The summed E-state index contributed by atoms with van der Waals surface area (Å²) in [5.41, 5.74) is 4.81. The van der Waals surface area contributed by atoms with Gasteiger partial charge in [-0.25, -0.2) is 0 Å². The van der Waals surface area contributed by atoms with E-state index in [2.05, 4.69) is 34.5 Å². The van der Waals surface area contributed by atoms with E-state index >= 15 is 0 Å². The molecule has 0 bridgehead atoms. The van der Waals surface area contributed by atoms with Crippen molar-refractivity contribution in [2.45, 2.75) is 51.4 Å². The van der Waals surface area contributed by atoms with E-state index in [-0.39, 0.29) is 18.7 Å². The van der Waals surface area contributed by atoms with Gasteiger partial charge in [0.1, 0.15) is 18.6 Å². The van der Waals surface area contributed by atoms with Crippen molar-refractivity contribution >= 4 is 11.9 Å². The van der Waals surface area contributed by atoms with Crippen molar-refractivity contribution < 1.29 is 28.9 Å². The predicted molar refractivity (Wildman–Crippen MR) is 157 cm³/mol. The summed E-state index contributed by atoms with van der Waals surface area (Å²) < 4.78 is 16.5. The third-order valence-electron chi connectivity index (χ3n) is 7.89. The van der Waals surface area contributed by atoms with Gasteiger partial charge in [0.25, 0.3) is 0 Å². The third kappa shape index (κ3) is 7.54. The first-order valence-electron chi connectivity index (χ1n) is 14.5. The molecule has 0 saturated carbocycles. The molecule has 1 amide bonds. The molecule has 3 aromatic carbocycles. The Labute approximate surface area is 247 Å². The molecule has 1 saturated heterocycles. The number of carbonyl (C=O) groups excluding carboxylic acids is 2. The molecule has 2 aliphatic heterocycles. The van der Waals surface area contributed by atoms with Gasteiger partial charge in [-0.3, -0.25) is 19.4 Å². The molecule has 2 heterocycles. The molecule has 1 fully saturated rings. The molecular weight excluding hydrogens is 534 g/mol. The second-order valence-electron chi connectivity index (χ2n) is 10.7. The van der Waals surface area contributed by atoms with E-state index in [4.69, 9.17) is 14.2 Å².